The lowest BCUT2D eigenvalue weighted by molar-refractivity contribution is 0.0342. The second-order valence-corrected chi connectivity index (χ2v) is 6.90. The van der Waals surface area contributed by atoms with E-state index in [2.05, 4.69) is 37.5 Å². The highest BCUT2D eigenvalue weighted by molar-refractivity contribution is 4.88. The third-order valence-electron chi connectivity index (χ3n) is 5.10. The van der Waals surface area contributed by atoms with Crippen molar-refractivity contribution in [2.24, 2.45) is 11.8 Å². The highest BCUT2D eigenvalue weighted by Crippen LogP contribution is 2.33. The van der Waals surface area contributed by atoms with Crippen molar-refractivity contribution in [3.63, 3.8) is 0 Å². The van der Waals surface area contributed by atoms with Crippen LogP contribution in [-0.4, -0.2) is 48.1 Å². The largest absolute Gasteiger partial charge is 0.304 e. The molecule has 0 atom stereocenters. The van der Waals surface area contributed by atoms with E-state index in [9.17, 15) is 0 Å². The SMILES string of the molecule is CCN1CCC(CN(C(C)C)C2CC(C)C2)CC1. The van der Waals surface area contributed by atoms with E-state index < -0.39 is 0 Å². The lowest BCUT2D eigenvalue weighted by Crippen LogP contribution is -2.50. The van der Waals surface area contributed by atoms with E-state index in [1.807, 2.05) is 0 Å². The standard InChI is InChI=1S/C16H32N2/c1-5-17-8-6-15(7-9-17)12-18(13(2)3)16-10-14(4)11-16/h13-16H,5-12H2,1-4H3. The van der Waals surface area contributed by atoms with Gasteiger partial charge in [-0.2, -0.15) is 0 Å². The van der Waals surface area contributed by atoms with Gasteiger partial charge in [-0.25, -0.2) is 0 Å². The predicted molar refractivity (Wildman–Crippen MR) is 78.9 cm³/mol. The predicted octanol–water partition coefficient (Wildman–Crippen LogP) is 3.23. The van der Waals surface area contributed by atoms with Crippen molar-refractivity contribution >= 4 is 0 Å². The Kier molecular flexibility index (Phi) is 5.08. The number of hydrogen-bond acceptors (Lipinski definition) is 2. The van der Waals surface area contributed by atoms with Gasteiger partial charge in [-0.15, -0.1) is 0 Å². The van der Waals surface area contributed by atoms with Crippen molar-refractivity contribution in [1.29, 1.82) is 0 Å². The molecule has 106 valence electrons. The first-order chi connectivity index (χ1) is 8.60. The Morgan fingerprint density at radius 1 is 1.17 bits per heavy atom. The average molecular weight is 252 g/mol. The van der Waals surface area contributed by atoms with E-state index in [0.29, 0.717) is 0 Å². The molecule has 0 radical (unpaired) electrons. The Morgan fingerprint density at radius 2 is 1.78 bits per heavy atom. The lowest BCUT2D eigenvalue weighted by atomic mass is 9.79. The molecule has 0 aromatic heterocycles. The van der Waals surface area contributed by atoms with Gasteiger partial charge >= 0.3 is 0 Å². The molecule has 1 aliphatic carbocycles. The van der Waals surface area contributed by atoms with Gasteiger partial charge in [0.25, 0.3) is 0 Å². The topological polar surface area (TPSA) is 6.48 Å². The molecule has 2 aliphatic rings. The summed E-state index contributed by atoms with van der Waals surface area (Å²) in [6.45, 7) is 14.7. The summed E-state index contributed by atoms with van der Waals surface area (Å²) in [6.07, 6.45) is 5.70. The first kappa shape index (κ1) is 14.3. The van der Waals surface area contributed by atoms with E-state index in [-0.39, 0.29) is 0 Å². The zero-order valence-electron chi connectivity index (χ0n) is 12.9. The van der Waals surface area contributed by atoms with Gasteiger partial charge in [0.2, 0.25) is 0 Å². The first-order valence-electron chi connectivity index (χ1n) is 8.08. The highest BCUT2D eigenvalue weighted by Gasteiger charge is 2.33. The summed E-state index contributed by atoms with van der Waals surface area (Å²) in [5.41, 5.74) is 0. The Hall–Kier alpha value is -0.0800. The normalized spacial score (nSPS) is 31.0. The number of nitrogens with zero attached hydrogens (tertiary/aromatic N) is 2. The van der Waals surface area contributed by atoms with Gasteiger partial charge in [-0.05, 0) is 71.0 Å². The molecule has 2 fully saturated rings. The van der Waals surface area contributed by atoms with Gasteiger partial charge < -0.3 is 4.90 Å². The molecule has 0 unspecified atom stereocenters. The molecule has 2 rings (SSSR count). The minimum Gasteiger partial charge on any atom is -0.304 e. The number of likely N-dealkylation sites (tertiary alicyclic amines) is 1. The van der Waals surface area contributed by atoms with Crippen molar-refractivity contribution in [2.45, 2.75) is 65.5 Å². The summed E-state index contributed by atoms with van der Waals surface area (Å²) in [4.78, 5) is 5.40. The fourth-order valence-corrected chi connectivity index (χ4v) is 3.70. The summed E-state index contributed by atoms with van der Waals surface area (Å²) >= 11 is 0. The van der Waals surface area contributed by atoms with Crippen LogP contribution >= 0.6 is 0 Å². The van der Waals surface area contributed by atoms with E-state index >= 15 is 0 Å². The van der Waals surface area contributed by atoms with E-state index in [0.717, 1.165) is 23.9 Å². The maximum absolute atomic E-state index is 2.80. The number of piperidine rings is 1. The van der Waals surface area contributed by atoms with Crippen molar-refractivity contribution in [3.8, 4) is 0 Å². The summed E-state index contributed by atoms with van der Waals surface area (Å²) in [6, 6.07) is 1.62. The van der Waals surface area contributed by atoms with Crippen LogP contribution in [0.2, 0.25) is 0 Å². The molecule has 1 heterocycles. The monoisotopic (exact) mass is 252 g/mol. The van der Waals surface area contributed by atoms with Crippen molar-refractivity contribution < 1.29 is 0 Å². The summed E-state index contributed by atoms with van der Waals surface area (Å²) < 4.78 is 0. The molecule has 2 heteroatoms. The Morgan fingerprint density at radius 3 is 2.22 bits per heavy atom. The summed E-state index contributed by atoms with van der Waals surface area (Å²) in [5, 5.41) is 0. The van der Waals surface area contributed by atoms with E-state index in [4.69, 9.17) is 0 Å². The van der Waals surface area contributed by atoms with Crippen LogP contribution < -0.4 is 0 Å². The molecule has 1 saturated carbocycles. The van der Waals surface area contributed by atoms with Gasteiger partial charge in [0.05, 0.1) is 0 Å². The highest BCUT2D eigenvalue weighted by atomic mass is 15.2. The molecule has 2 nitrogen and oxygen atoms in total. The molecule has 0 aromatic rings. The molecule has 18 heavy (non-hydrogen) atoms. The zero-order chi connectivity index (χ0) is 13.1. The maximum Gasteiger partial charge on any atom is 0.0103 e. The van der Waals surface area contributed by atoms with Crippen LogP contribution in [-0.2, 0) is 0 Å². The van der Waals surface area contributed by atoms with Gasteiger partial charge in [-0.1, -0.05) is 13.8 Å². The van der Waals surface area contributed by atoms with Crippen LogP contribution in [0.25, 0.3) is 0 Å². The minimum absolute atomic E-state index is 0.728. The smallest absolute Gasteiger partial charge is 0.0103 e. The first-order valence-corrected chi connectivity index (χ1v) is 8.08. The van der Waals surface area contributed by atoms with Crippen LogP contribution in [0.5, 0.6) is 0 Å². The Balaban J connectivity index is 1.79. The third kappa shape index (κ3) is 3.48. The van der Waals surface area contributed by atoms with E-state index in [1.165, 1.54) is 51.9 Å². The molecule has 0 amide bonds. The van der Waals surface area contributed by atoms with Gasteiger partial charge in [0.1, 0.15) is 0 Å². The van der Waals surface area contributed by atoms with Crippen LogP contribution in [0.4, 0.5) is 0 Å². The molecule has 1 saturated heterocycles. The van der Waals surface area contributed by atoms with Gasteiger partial charge in [0.15, 0.2) is 0 Å². The Labute approximate surface area is 114 Å². The van der Waals surface area contributed by atoms with Gasteiger partial charge in [0, 0.05) is 18.6 Å². The zero-order valence-corrected chi connectivity index (χ0v) is 12.9. The van der Waals surface area contributed by atoms with Crippen LogP contribution in [0, 0.1) is 11.8 Å². The second kappa shape index (κ2) is 6.38. The summed E-state index contributed by atoms with van der Waals surface area (Å²) in [7, 11) is 0. The van der Waals surface area contributed by atoms with Gasteiger partial charge in [-0.3, -0.25) is 4.90 Å². The lowest BCUT2D eigenvalue weighted by Gasteiger charge is -2.46. The van der Waals surface area contributed by atoms with Crippen molar-refractivity contribution in [1.82, 2.24) is 9.80 Å². The molecular formula is C16H32N2. The number of hydrogen-bond donors (Lipinski definition) is 0. The van der Waals surface area contributed by atoms with E-state index in [1.54, 1.807) is 0 Å². The van der Waals surface area contributed by atoms with Crippen molar-refractivity contribution in [2.75, 3.05) is 26.2 Å². The average Bonchev–Trinajstić information content (AvgIpc) is 2.33. The fraction of sp³-hybridized carbons (Fsp3) is 1.00. The summed E-state index contributed by atoms with van der Waals surface area (Å²) in [5.74, 6) is 1.92. The maximum atomic E-state index is 2.80. The third-order valence-corrected chi connectivity index (χ3v) is 5.10. The van der Waals surface area contributed by atoms with Crippen LogP contribution in [0.1, 0.15) is 53.4 Å². The molecule has 0 bridgehead atoms. The molecule has 0 spiro atoms. The van der Waals surface area contributed by atoms with Crippen molar-refractivity contribution in [3.05, 3.63) is 0 Å². The van der Waals surface area contributed by atoms with Crippen LogP contribution in [0.3, 0.4) is 0 Å². The Bertz CT molecular complexity index is 237. The quantitative estimate of drug-likeness (QED) is 0.741. The number of rotatable bonds is 5. The second-order valence-electron chi connectivity index (χ2n) is 6.90. The molecule has 0 aromatic carbocycles. The molecular weight excluding hydrogens is 220 g/mol. The minimum atomic E-state index is 0.728. The molecule has 0 N–H and O–H groups in total. The molecule has 1 aliphatic heterocycles. The fourth-order valence-electron chi connectivity index (χ4n) is 3.70. The van der Waals surface area contributed by atoms with Crippen LogP contribution in [0.15, 0.2) is 0 Å².